The Hall–Kier alpha value is -1.47. The zero-order chi connectivity index (χ0) is 15.3. The first-order valence-electron chi connectivity index (χ1n) is 6.05. The number of carbonyl (C=O) groups is 2. The van der Waals surface area contributed by atoms with Crippen molar-refractivity contribution in [3.05, 3.63) is 28.5 Å². The molecule has 0 radical (unpaired) electrons. The summed E-state index contributed by atoms with van der Waals surface area (Å²) in [6.45, 7) is 5.21. The van der Waals surface area contributed by atoms with E-state index in [9.17, 15) is 9.59 Å². The molecule has 110 valence electrons. The van der Waals surface area contributed by atoms with E-state index in [1.54, 1.807) is 39.1 Å². The largest absolute Gasteiger partial charge is 0.444 e. The minimum Gasteiger partial charge on any atom is -0.444 e. The van der Waals surface area contributed by atoms with Gasteiger partial charge in [0.15, 0.2) is 0 Å². The van der Waals surface area contributed by atoms with Gasteiger partial charge in [-0.25, -0.2) is 9.78 Å². The Bertz CT molecular complexity index is 471. The third-order valence-electron chi connectivity index (χ3n) is 2.35. The van der Waals surface area contributed by atoms with Gasteiger partial charge in [-0.3, -0.25) is 0 Å². The molecule has 7 heteroatoms. The molecule has 0 aliphatic heterocycles. The molecule has 0 aliphatic carbocycles. The highest BCUT2D eigenvalue weighted by atomic mass is 79.9. The standard InChI is InChI=1S/C13H18BrN3O3/c1-13(2,3)20-12(19)17-9(7-18)11(15)8-4-5-10(14)16-6-8/h4-7,9,11H,15H2,1-3H3,(H,17,19). The van der Waals surface area contributed by atoms with E-state index in [0.717, 1.165) is 0 Å². The van der Waals surface area contributed by atoms with E-state index < -0.39 is 23.8 Å². The van der Waals surface area contributed by atoms with E-state index in [2.05, 4.69) is 26.2 Å². The molecule has 1 amide bonds. The number of nitrogens with two attached hydrogens (primary N) is 1. The molecule has 20 heavy (non-hydrogen) atoms. The van der Waals surface area contributed by atoms with Crippen molar-refractivity contribution in [2.24, 2.45) is 5.73 Å². The lowest BCUT2D eigenvalue weighted by molar-refractivity contribution is -0.110. The van der Waals surface area contributed by atoms with Crippen molar-refractivity contribution in [2.45, 2.75) is 38.5 Å². The van der Waals surface area contributed by atoms with Crippen LogP contribution < -0.4 is 11.1 Å². The number of aldehydes is 1. The number of nitrogens with one attached hydrogen (secondary N) is 1. The quantitative estimate of drug-likeness (QED) is 0.643. The predicted octanol–water partition coefficient (Wildman–Crippen LogP) is 1.94. The third-order valence-corrected chi connectivity index (χ3v) is 2.82. The number of rotatable bonds is 4. The first-order valence-corrected chi connectivity index (χ1v) is 6.84. The molecule has 0 saturated carbocycles. The van der Waals surface area contributed by atoms with Crippen molar-refractivity contribution in [3.8, 4) is 0 Å². The van der Waals surface area contributed by atoms with Gasteiger partial charge in [-0.15, -0.1) is 0 Å². The highest BCUT2D eigenvalue weighted by Crippen LogP contribution is 2.15. The molecule has 3 N–H and O–H groups in total. The molecule has 0 aromatic carbocycles. The maximum absolute atomic E-state index is 11.6. The molecule has 0 aliphatic rings. The van der Waals surface area contributed by atoms with Crippen LogP contribution in [-0.4, -0.2) is 29.0 Å². The van der Waals surface area contributed by atoms with Crippen LogP contribution >= 0.6 is 15.9 Å². The molecule has 2 unspecified atom stereocenters. The molecule has 0 bridgehead atoms. The second-order valence-corrected chi connectivity index (χ2v) is 6.06. The number of carbonyl (C=O) groups excluding carboxylic acids is 2. The summed E-state index contributed by atoms with van der Waals surface area (Å²) in [5.41, 5.74) is 5.96. The molecule has 2 atom stereocenters. The van der Waals surface area contributed by atoms with Crippen LogP contribution in [0.1, 0.15) is 32.4 Å². The lowest BCUT2D eigenvalue weighted by atomic mass is 10.0. The van der Waals surface area contributed by atoms with Crippen LogP contribution in [0.25, 0.3) is 0 Å². The number of ether oxygens (including phenoxy) is 1. The van der Waals surface area contributed by atoms with Gasteiger partial charge in [-0.05, 0) is 48.3 Å². The highest BCUT2D eigenvalue weighted by Gasteiger charge is 2.24. The molecule has 0 spiro atoms. The number of alkyl carbamates (subject to hydrolysis) is 1. The fourth-order valence-electron chi connectivity index (χ4n) is 1.44. The van der Waals surface area contributed by atoms with E-state index in [-0.39, 0.29) is 0 Å². The SMILES string of the molecule is CC(C)(C)OC(=O)NC(C=O)C(N)c1ccc(Br)nc1. The van der Waals surface area contributed by atoms with Crippen LogP contribution in [0.2, 0.25) is 0 Å². The summed E-state index contributed by atoms with van der Waals surface area (Å²) in [4.78, 5) is 26.8. The predicted molar refractivity (Wildman–Crippen MR) is 78.1 cm³/mol. The zero-order valence-electron chi connectivity index (χ0n) is 11.6. The first-order chi connectivity index (χ1) is 9.23. The Labute approximate surface area is 126 Å². The van der Waals surface area contributed by atoms with Crippen LogP contribution in [0.5, 0.6) is 0 Å². The molecule has 6 nitrogen and oxygen atoms in total. The van der Waals surface area contributed by atoms with Gasteiger partial charge in [0.05, 0.1) is 6.04 Å². The van der Waals surface area contributed by atoms with Crippen LogP contribution in [0, 0.1) is 0 Å². The van der Waals surface area contributed by atoms with Crippen molar-refractivity contribution in [1.82, 2.24) is 10.3 Å². The number of hydrogen-bond acceptors (Lipinski definition) is 5. The molecule has 1 aromatic heterocycles. The number of nitrogens with zero attached hydrogens (tertiary/aromatic N) is 1. The average Bonchev–Trinajstić information content (AvgIpc) is 2.34. The van der Waals surface area contributed by atoms with E-state index in [1.165, 1.54) is 0 Å². The van der Waals surface area contributed by atoms with Crippen LogP contribution in [0.4, 0.5) is 4.79 Å². The number of pyridine rings is 1. The maximum atomic E-state index is 11.6. The fraction of sp³-hybridized carbons (Fsp3) is 0.462. The molecule has 1 heterocycles. The van der Waals surface area contributed by atoms with Crippen LogP contribution in [0.3, 0.4) is 0 Å². The maximum Gasteiger partial charge on any atom is 0.408 e. The van der Waals surface area contributed by atoms with Crippen molar-refractivity contribution >= 4 is 28.3 Å². The van der Waals surface area contributed by atoms with Crippen LogP contribution in [-0.2, 0) is 9.53 Å². The van der Waals surface area contributed by atoms with E-state index >= 15 is 0 Å². The summed E-state index contributed by atoms with van der Waals surface area (Å²) < 4.78 is 5.75. The van der Waals surface area contributed by atoms with Gasteiger partial charge < -0.3 is 20.6 Å². The van der Waals surface area contributed by atoms with Gasteiger partial charge in [-0.2, -0.15) is 0 Å². The van der Waals surface area contributed by atoms with E-state index in [1.807, 2.05) is 0 Å². The second kappa shape index (κ2) is 6.81. The second-order valence-electron chi connectivity index (χ2n) is 5.25. The molecule has 1 rings (SSSR count). The number of amides is 1. The van der Waals surface area contributed by atoms with Crippen LogP contribution in [0.15, 0.2) is 22.9 Å². The van der Waals surface area contributed by atoms with Crippen molar-refractivity contribution < 1.29 is 14.3 Å². The number of halogens is 1. The van der Waals surface area contributed by atoms with Crippen molar-refractivity contribution in [3.63, 3.8) is 0 Å². The normalized spacial score (nSPS) is 14.2. The molecule has 1 aromatic rings. The summed E-state index contributed by atoms with van der Waals surface area (Å²) in [5.74, 6) is 0. The third kappa shape index (κ3) is 5.26. The number of hydrogen-bond donors (Lipinski definition) is 2. The molecular formula is C13H18BrN3O3. The molecular weight excluding hydrogens is 326 g/mol. The van der Waals surface area contributed by atoms with Gasteiger partial charge in [0.1, 0.15) is 22.5 Å². The van der Waals surface area contributed by atoms with E-state index in [4.69, 9.17) is 10.5 Å². The zero-order valence-corrected chi connectivity index (χ0v) is 13.2. The Morgan fingerprint density at radius 3 is 2.60 bits per heavy atom. The lowest BCUT2D eigenvalue weighted by Gasteiger charge is -2.24. The molecule has 0 fully saturated rings. The summed E-state index contributed by atoms with van der Waals surface area (Å²) in [6, 6.07) is 1.87. The Kier molecular flexibility index (Phi) is 5.64. The Morgan fingerprint density at radius 2 is 2.15 bits per heavy atom. The van der Waals surface area contributed by atoms with Crippen molar-refractivity contribution in [1.29, 1.82) is 0 Å². The Morgan fingerprint density at radius 1 is 1.50 bits per heavy atom. The first kappa shape index (κ1) is 16.6. The van der Waals surface area contributed by atoms with Crippen molar-refractivity contribution in [2.75, 3.05) is 0 Å². The molecule has 0 saturated heterocycles. The fourth-order valence-corrected chi connectivity index (χ4v) is 1.68. The number of aromatic nitrogens is 1. The topological polar surface area (TPSA) is 94.3 Å². The minimum atomic E-state index is -0.882. The van der Waals surface area contributed by atoms with Gasteiger partial charge in [0, 0.05) is 6.20 Å². The van der Waals surface area contributed by atoms with Gasteiger partial charge >= 0.3 is 6.09 Å². The van der Waals surface area contributed by atoms with E-state index in [0.29, 0.717) is 16.5 Å². The summed E-state index contributed by atoms with van der Waals surface area (Å²) in [6.07, 6.45) is 1.44. The van der Waals surface area contributed by atoms with Gasteiger partial charge in [0.25, 0.3) is 0 Å². The monoisotopic (exact) mass is 343 g/mol. The highest BCUT2D eigenvalue weighted by molar-refractivity contribution is 9.10. The summed E-state index contributed by atoms with van der Waals surface area (Å²) in [7, 11) is 0. The average molecular weight is 344 g/mol. The van der Waals surface area contributed by atoms with Gasteiger partial charge in [-0.1, -0.05) is 6.07 Å². The summed E-state index contributed by atoms with van der Waals surface area (Å²) in [5, 5.41) is 2.44. The van der Waals surface area contributed by atoms with Gasteiger partial charge in [0.2, 0.25) is 0 Å². The minimum absolute atomic E-state index is 0.580. The Balaban J connectivity index is 2.73. The lowest BCUT2D eigenvalue weighted by Crippen LogP contribution is -2.45. The smallest absolute Gasteiger partial charge is 0.408 e. The summed E-state index contributed by atoms with van der Waals surface area (Å²) >= 11 is 3.21.